The van der Waals surface area contributed by atoms with Crippen molar-refractivity contribution in [3.05, 3.63) is 41.3 Å². The second kappa shape index (κ2) is 4.19. The van der Waals surface area contributed by atoms with Gasteiger partial charge in [-0.05, 0) is 6.07 Å². The Labute approximate surface area is 107 Å². The summed E-state index contributed by atoms with van der Waals surface area (Å²) in [5, 5.41) is 4.54. The molecule has 0 spiro atoms. The van der Waals surface area contributed by atoms with Crippen LogP contribution in [0.5, 0.6) is 0 Å². The number of aromatic nitrogens is 6. The van der Waals surface area contributed by atoms with Crippen LogP contribution in [-0.2, 0) is 6.42 Å². The summed E-state index contributed by atoms with van der Waals surface area (Å²) in [7, 11) is 0. The van der Waals surface area contributed by atoms with Crippen molar-refractivity contribution in [2.45, 2.75) is 6.42 Å². The molecule has 0 atom stereocenters. The Morgan fingerprint density at radius 2 is 2.22 bits per heavy atom. The lowest BCUT2D eigenvalue weighted by molar-refractivity contribution is 0.884. The Bertz CT molecular complexity index is 694. The summed E-state index contributed by atoms with van der Waals surface area (Å²) in [6, 6.07) is 3.33. The molecule has 3 aromatic heterocycles. The number of fused-ring (bicyclic) bond motifs is 1. The van der Waals surface area contributed by atoms with Crippen LogP contribution in [0.3, 0.4) is 0 Å². The maximum atomic E-state index is 5.80. The van der Waals surface area contributed by atoms with Gasteiger partial charge in [-0.2, -0.15) is 14.5 Å². The molecule has 0 aliphatic heterocycles. The Morgan fingerprint density at radius 3 is 3.00 bits per heavy atom. The van der Waals surface area contributed by atoms with E-state index in [1.807, 2.05) is 0 Å². The van der Waals surface area contributed by atoms with E-state index in [0.717, 1.165) is 5.69 Å². The van der Waals surface area contributed by atoms with Gasteiger partial charge in [0.05, 0.1) is 12.1 Å². The van der Waals surface area contributed by atoms with E-state index in [4.69, 9.17) is 17.3 Å². The number of halogens is 1. The van der Waals surface area contributed by atoms with Crippen molar-refractivity contribution in [1.29, 1.82) is 0 Å². The third-order valence-corrected chi connectivity index (χ3v) is 2.53. The molecule has 0 bridgehead atoms. The molecule has 0 radical (unpaired) electrons. The molecule has 3 aromatic rings. The van der Waals surface area contributed by atoms with Crippen LogP contribution < -0.4 is 5.73 Å². The van der Waals surface area contributed by atoms with Gasteiger partial charge in [-0.25, -0.2) is 9.97 Å². The highest BCUT2D eigenvalue weighted by Crippen LogP contribution is 2.13. The molecular weight excluding hydrogens is 254 g/mol. The van der Waals surface area contributed by atoms with E-state index in [0.29, 0.717) is 29.0 Å². The van der Waals surface area contributed by atoms with E-state index < -0.39 is 0 Å². The minimum absolute atomic E-state index is 0.293. The fourth-order valence-electron chi connectivity index (χ4n) is 1.56. The van der Waals surface area contributed by atoms with Gasteiger partial charge in [0.2, 0.25) is 0 Å². The molecule has 7 nitrogen and oxygen atoms in total. The number of hydrogen-bond donors (Lipinski definition) is 1. The lowest BCUT2D eigenvalue weighted by atomic mass is 10.3. The van der Waals surface area contributed by atoms with Gasteiger partial charge in [-0.15, -0.1) is 5.10 Å². The van der Waals surface area contributed by atoms with Gasteiger partial charge in [0.25, 0.3) is 5.78 Å². The monoisotopic (exact) mass is 261 g/mol. The van der Waals surface area contributed by atoms with Crippen molar-refractivity contribution >= 4 is 23.2 Å². The Kier molecular flexibility index (Phi) is 2.52. The molecule has 3 rings (SSSR count). The first-order valence-electron chi connectivity index (χ1n) is 5.15. The zero-order valence-electron chi connectivity index (χ0n) is 9.16. The average molecular weight is 262 g/mol. The molecule has 90 valence electrons. The Morgan fingerprint density at radius 1 is 1.33 bits per heavy atom. The summed E-state index contributed by atoms with van der Waals surface area (Å²) in [5.74, 6) is 1.35. The summed E-state index contributed by atoms with van der Waals surface area (Å²) in [5.41, 5.74) is 6.60. The molecule has 2 N–H and O–H groups in total. The van der Waals surface area contributed by atoms with E-state index in [2.05, 4.69) is 25.0 Å². The van der Waals surface area contributed by atoms with E-state index in [1.54, 1.807) is 12.3 Å². The van der Waals surface area contributed by atoms with Crippen molar-refractivity contribution in [2.75, 3.05) is 5.73 Å². The van der Waals surface area contributed by atoms with Crippen LogP contribution in [0.1, 0.15) is 11.5 Å². The van der Waals surface area contributed by atoms with Gasteiger partial charge in [-0.1, -0.05) is 11.6 Å². The van der Waals surface area contributed by atoms with Gasteiger partial charge < -0.3 is 5.73 Å². The van der Waals surface area contributed by atoms with Gasteiger partial charge >= 0.3 is 0 Å². The number of nitrogen functional groups attached to an aromatic ring is 1. The Balaban J connectivity index is 2.01. The molecule has 0 fully saturated rings. The summed E-state index contributed by atoms with van der Waals surface area (Å²) in [4.78, 5) is 16.2. The smallest absolute Gasteiger partial charge is 0.255 e. The first-order valence-corrected chi connectivity index (χ1v) is 5.53. The van der Waals surface area contributed by atoms with Crippen molar-refractivity contribution < 1.29 is 0 Å². The highest BCUT2D eigenvalue weighted by Gasteiger charge is 2.09. The molecule has 18 heavy (non-hydrogen) atoms. The van der Waals surface area contributed by atoms with Gasteiger partial charge in [0, 0.05) is 12.3 Å². The quantitative estimate of drug-likeness (QED) is 0.684. The van der Waals surface area contributed by atoms with Gasteiger partial charge in [0.1, 0.15) is 17.3 Å². The summed E-state index contributed by atoms with van der Waals surface area (Å²) >= 11 is 5.80. The standard InChI is InChI=1S/C10H8ClN7/c11-7-4-8(12)18-10(15-7)16-9(17-18)3-6-1-2-13-5-14-6/h1-2,4-5H,3,12H2. The third kappa shape index (κ3) is 1.95. The number of nitrogens with two attached hydrogens (primary N) is 1. The van der Waals surface area contributed by atoms with Crippen LogP contribution >= 0.6 is 11.6 Å². The molecule has 0 saturated heterocycles. The van der Waals surface area contributed by atoms with Crippen LogP contribution in [0.2, 0.25) is 5.15 Å². The molecule has 0 aliphatic carbocycles. The lowest BCUT2D eigenvalue weighted by Crippen LogP contribution is -2.00. The van der Waals surface area contributed by atoms with Crippen LogP contribution in [0, 0.1) is 0 Å². The minimum Gasteiger partial charge on any atom is -0.383 e. The molecule has 0 aromatic carbocycles. The molecule has 0 unspecified atom stereocenters. The number of rotatable bonds is 2. The predicted molar refractivity (Wildman–Crippen MR) is 65.0 cm³/mol. The molecule has 0 amide bonds. The van der Waals surface area contributed by atoms with E-state index in [9.17, 15) is 0 Å². The predicted octanol–water partition coefficient (Wildman–Crippen LogP) is 0.741. The lowest BCUT2D eigenvalue weighted by Gasteiger charge is -1.96. The third-order valence-electron chi connectivity index (χ3n) is 2.33. The first-order chi connectivity index (χ1) is 8.72. The van der Waals surface area contributed by atoms with Crippen molar-refractivity contribution in [3.63, 3.8) is 0 Å². The number of nitrogens with zero attached hydrogens (tertiary/aromatic N) is 6. The zero-order chi connectivity index (χ0) is 12.5. The number of anilines is 1. The molecule has 0 saturated carbocycles. The normalized spacial score (nSPS) is 10.9. The number of hydrogen-bond acceptors (Lipinski definition) is 6. The highest BCUT2D eigenvalue weighted by atomic mass is 35.5. The molecule has 0 aliphatic rings. The van der Waals surface area contributed by atoms with Crippen LogP contribution in [0.4, 0.5) is 5.82 Å². The van der Waals surface area contributed by atoms with Gasteiger partial charge in [-0.3, -0.25) is 0 Å². The van der Waals surface area contributed by atoms with E-state index in [1.165, 1.54) is 16.9 Å². The van der Waals surface area contributed by atoms with Crippen molar-refractivity contribution in [3.8, 4) is 0 Å². The molecular formula is C10H8ClN7. The SMILES string of the molecule is Nc1cc(Cl)nc2nc(Cc3ccncn3)nn12. The summed E-state index contributed by atoms with van der Waals surface area (Å²) < 4.78 is 1.45. The summed E-state index contributed by atoms with van der Waals surface area (Å²) in [6.45, 7) is 0. The van der Waals surface area contributed by atoms with E-state index >= 15 is 0 Å². The second-order valence-electron chi connectivity index (χ2n) is 3.62. The maximum Gasteiger partial charge on any atom is 0.255 e. The fourth-order valence-corrected chi connectivity index (χ4v) is 1.75. The van der Waals surface area contributed by atoms with Crippen molar-refractivity contribution in [1.82, 2.24) is 29.5 Å². The average Bonchev–Trinajstić information content (AvgIpc) is 2.73. The van der Waals surface area contributed by atoms with Crippen LogP contribution in [-0.4, -0.2) is 29.5 Å². The molecule has 3 heterocycles. The maximum absolute atomic E-state index is 5.80. The second-order valence-corrected chi connectivity index (χ2v) is 4.01. The first kappa shape index (κ1) is 10.8. The highest BCUT2D eigenvalue weighted by molar-refractivity contribution is 6.29. The Hall–Kier alpha value is -2.28. The fraction of sp³-hybridized carbons (Fsp3) is 0.100. The molecule has 8 heteroatoms. The topological polar surface area (TPSA) is 94.9 Å². The van der Waals surface area contributed by atoms with Crippen LogP contribution in [0.25, 0.3) is 5.78 Å². The van der Waals surface area contributed by atoms with E-state index in [-0.39, 0.29) is 0 Å². The summed E-state index contributed by atoms with van der Waals surface area (Å²) in [6.07, 6.45) is 3.64. The van der Waals surface area contributed by atoms with Crippen LogP contribution in [0.15, 0.2) is 24.7 Å². The van der Waals surface area contributed by atoms with Gasteiger partial charge in [0.15, 0.2) is 5.82 Å². The largest absolute Gasteiger partial charge is 0.383 e. The zero-order valence-corrected chi connectivity index (χ0v) is 9.91. The van der Waals surface area contributed by atoms with Crippen molar-refractivity contribution in [2.24, 2.45) is 0 Å². The minimum atomic E-state index is 0.293.